The molecule has 0 amide bonds. The Morgan fingerprint density at radius 2 is 1.56 bits per heavy atom. The van der Waals surface area contributed by atoms with Crippen molar-refractivity contribution >= 4 is 12.0 Å². The number of benzene rings is 2. The Morgan fingerprint density at radius 1 is 0.941 bits per heavy atom. The van der Waals surface area contributed by atoms with Crippen LogP contribution in [0.15, 0.2) is 54.6 Å². The fourth-order valence-electron chi connectivity index (χ4n) is 4.87. The number of carbonyl (C=O) groups is 1. The maximum atomic E-state index is 10.9. The number of aldehydes is 1. The molecule has 0 saturated carbocycles. The second-order valence-electron chi connectivity index (χ2n) is 10.6. The van der Waals surface area contributed by atoms with Gasteiger partial charge in [-0.15, -0.1) is 0 Å². The highest BCUT2D eigenvalue weighted by molar-refractivity contribution is 5.57. The standard InChI is InChI=1S/C30H45N3O/c1-24(2)15-22-33(29-17-20-32(21-18-29)19-16-25(3)30(31)23-34)28-13-11-27(12-14-28)10-9-26-7-5-4-6-8-26/h4-8,11-14,23-25,29-30H,9-10,15-22,31H2,1-3H3. The topological polar surface area (TPSA) is 49.6 Å². The molecule has 1 aliphatic heterocycles. The summed E-state index contributed by atoms with van der Waals surface area (Å²) in [5.74, 6) is 0.953. The van der Waals surface area contributed by atoms with Crippen molar-refractivity contribution in [2.75, 3.05) is 31.1 Å². The molecular formula is C30H45N3O. The first kappa shape index (κ1) is 26.4. The van der Waals surface area contributed by atoms with E-state index >= 15 is 0 Å². The maximum Gasteiger partial charge on any atom is 0.136 e. The lowest BCUT2D eigenvalue weighted by molar-refractivity contribution is -0.109. The Balaban J connectivity index is 1.56. The average Bonchev–Trinajstić information content (AvgIpc) is 2.87. The molecule has 1 fully saturated rings. The highest BCUT2D eigenvalue weighted by Crippen LogP contribution is 2.26. The molecule has 4 nitrogen and oxygen atoms in total. The SMILES string of the molecule is CC(C)CCN(c1ccc(CCc2ccccc2)cc1)C1CCN(CCC(C)C(N)C=O)CC1. The number of anilines is 1. The number of rotatable bonds is 13. The van der Waals surface area contributed by atoms with E-state index < -0.39 is 0 Å². The third-order valence-electron chi connectivity index (χ3n) is 7.47. The molecule has 1 heterocycles. The minimum atomic E-state index is -0.334. The Bertz CT molecular complexity index is 828. The third kappa shape index (κ3) is 8.25. The molecule has 2 unspecified atom stereocenters. The van der Waals surface area contributed by atoms with Crippen molar-refractivity contribution < 1.29 is 4.79 Å². The maximum absolute atomic E-state index is 10.9. The molecule has 2 aromatic carbocycles. The van der Waals surface area contributed by atoms with E-state index in [4.69, 9.17) is 5.73 Å². The normalized spacial score (nSPS) is 17.0. The predicted molar refractivity (Wildman–Crippen MR) is 144 cm³/mol. The van der Waals surface area contributed by atoms with Crippen LogP contribution in [0, 0.1) is 11.8 Å². The van der Waals surface area contributed by atoms with Crippen LogP contribution < -0.4 is 10.6 Å². The summed E-state index contributed by atoms with van der Waals surface area (Å²) < 4.78 is 0. The van der Waals surface area contributed by atoms with Crippen LogP contribution in [-0.2, 0) is 17.6 Å². The Morgan fingerprint density at radius 3 is 2.15 bits per heavy atom. The average molecular weight is 464 g/mol. The second kappa shape index (κ2) is 13.7. The molecule has 0 radical (unpaired) electrons. The lowest BCUT2D eigenvalue weighted by Crippen LogP contribution is -2.46. The molecule has 34 heavy (non-hydrogen) atoms. The Labute approximate surface area is 207 Å². The van der Waals surface area contributed by atoms with Crippen LogP contribution in [0.1, 0.15) is 57.6 Å². The minimum absolute atomic E-state index is 0.248. The van der Waals surface area contributed by atoms with Crippen LogP contribution in [0.4, 0.5) is 5.69 Å². The van der Waals surface area contributed by atoms with Crippen molar-refractivity contribution in [2.24, 2.45) is 17.6 Å². The predicted octanol–water partition coefficient (Wildman–Crippen LogP) is 5.34. The molecule has 2 N–H and O–H groups in total. The first-order valence-corrected chi connectivity index (χ1v) is 13.3. The van der Waals surface area contributed by atoms with Crippen molar-refractivity contribution in [1.82, 2.24) is 4.90 Å². The summed E-state index contributed by atoms with van der Waals surface area (Å²) in [6, 6.07) is 20.4. The van der Waals surface area contributed by atoms with Gasteiger partial charge in [0.15, 0.2) is 0 Å². The van der Waals surface area contributed by atoms with Crippen LogP contribution in [0.5, 0.6) is 0 Å². The third-order valence-corrected chi connectivity index (χ3v) is 7.47. The fraction of sp³-hybridized carbons (Fsp3) is 0.567. The first-order valence-electron chi connectivity index (χ1n) is 13.3. The molecule has 186 valence electrons. The van der Waals surface area contributed by atoms with Crippen molar-refractivity contribution in [3.05, 3.63) is 65.7 Å². The highest BCUT2D eigenvalue weighted by atomic mass is 16.1. The summed E-state index contributed by atoms with van der Waals surface area (Å²) in [5, 5.41) is 0. The van der Waals surface area contributed by atoms with Crippen molar-refractivity contribution in [2.45, 2.75) is 71.4 Å². The number of likely N-dealkylation sites (tertiary alicyclic amines) is 1. The zero-order valence-corrected chi connectivity index (χ0v) is 21.5. The van der Waals surface area contributed by atoms with Gasteiger partial charge in [0.05, 0.1) is 6.04 Å². The second-order valence-corrected chi connectivity index (χ2v) is 10.6. The van der Waals surface area contributed by atoms with E-state index in [1.165, 1.54) is 36.1 Å². The summed E-state index contributed by atoms with van der Waals surface area (Å²) in [5.41, 5.74) is 10.1. The van der Waals surface area contributed by atoms with E-state index in [0.29, 0.717) is 12.0 Å². The zero-order valence-electron chi connectivity index (χ0n) is 21.5. The van der Waals surface area contributed by atoms with Crippen LogP contribution >= 0.6 is 0 Å². The van der Waals surface area contributed by atoms with Crippen molar-refractivity contribution in [3.63, 3.8) is 0 Å². The summed E-state index contributed by atoms with van der Waals surface area (Å²) >= 11 is 0. The van der Waals surface area contributed by atoms with Crippen LogP contribution in [0.2, 0.25) is 0 Å². The molecule has 3 rings (SSSR count). The van der Waals surface area contributed by atoms with E-state index in [1.807, 2.05) is 0 Å². The molecule has 1 saturated heterocycles. The largest absolute Gasteiger partial charge is 0.368 e. The molecule has 0 bridgehead atoms. The molecule has 0 aromatic heterocycles. The Hall–Kier alpha value is -2.17. The van der Waals surface area contributed by atoms with Crippen LogP contribution in [0.3, 0.4) is 0 Å². The quantitative estimate of drug-likeness (QED) is 0.407. The van der Waals surface area contributed by atoms with Crippen LogP contribution in [0.25, 0.3) is 0 Å². The molecule has 0 spiro atoms. The van der Waals surface area contributed by atoms with Crippen molar-refractivity contribution in [1.29, 1.82) is 0 Å². The van der Waals surface area contributed by atoms with Gasteiger partial charge < -0.3 is 20.3 Å². The van der Waals surface area contributed by atoms with E-state index in [1.54, 1.807) is 0 Å². The summed E-state index contributed by atoms with van der Waals surface area (Å²) in [6.45, 7) is 11.1. The van der Waals surface area contributed by atoms with E-state index in [9.17, 15) is 4.79 Å². The highest BCUT2D eigenvalue weighted by Gasteiger charge is 2.25. The van der Waals surface area contributed by atoms with Crippen molar-refractivity contribution in [3.8, 4) is 0 Å². The number of nitrogens with two attached hydrogens (primary N) is 1. The number of nitrogens with zero attached hydrogens (tertiary/aromatic N) is 2. The van der Waals surface area contributed by atoms with E-state index in [2.05, 4.69) is 85.2 Å². The summed E-state index contributed by atoms with van der Waals surface area (Å²) in [7, 11) is 0. The molecule has 2 aromatic rings. The minimum Gasteiger partial charge on any atom is -0.368 e. The zero-order chi connectivity index (χ0) is 24.3. The van der Waals surface area contributed by atoms with Gasteiger partial charge >= 0.3 is 0 Å². The molecule has 1 aliphatic rings. The van der Waals surface area contributed by atoms with Gasteiger partial charge in [-0.05, 0) is 80.2 Å². The molecular weight excluding hydrogens is 418 g/mol. The van der Waals surface area contributed by atoms with Gasteiger partial charge in [0, 0.05) is 31.4 Å². The first-order chi connectivity index (χ1) is 16.5. The van der Waals surface area contributed by atoms with Gasteiger partial charge in [-0.2, -0.15) is 0 Å². The monoisotopic (exact) mass is 463 g/mol. The number of carbonyl (C=O) groups excluding carboxylic acids is 1. The number of hydrogen-bond donors (Lipinski definition) is 1. The van der Waals surface area contributed by atoms with Gasteiger partial charge in [-0.25, -0.2) is 0 Å². The molecule has 2 atom stereocenters. The van der Waals surface area contributed by atoms with Gasteiger partial charge in [0.2, 0.25) is 0 Å². The van der Waals surface area contributed by atoms with E-state index in [0.717, 1.165) is 51.7 Å². The molecule has 0 aliphatic carbocycles. The lowest BCUT2D eigenvalue weighted by atomic mass is 9.97. The van der Waals surface area contributed by atoms with Gasteiger partial charge in [0.25, 0.3) is 0 Å². The van der Waals surface area contributed by atoms with Crippen LogP contribution in [-0.4, -0.2) is 49.4 Å². The molecule has 4 heteroatoms. The van der Waals surface area contributed by atoms with Gasteiger partial charge in [0.1, 0.15) is 6.29 Å². The number of aryl methyl sites for hydroxylation is 2. The van der Waals surface area contributed by atoms with E-state index in [-0.39, 0.29) is 12.0 Å². The summed E-state index contributed by atoms with van der Waals surface area (Å²) in [4.78, 5) is 16.2. The lowest BCUT2D eigenvalue weighted by Gasteiger charge is -2.40. The number of piperidine rings is 1. The smallest absolute Gasteiger partial charge is 0.136 e. The summed E-state index contributed by atoms with van der Waals surface area (Å²) in [6.07, 6.45) is 7.66. The van der Waals surface area contributed by atoms with Gasteiger partial charge in [-0.3, -0.25) is 0 Å². The number of hydrogen-bond acceptors (Lipinski definition) is 4. The Kier molecular flexibility index (Phi) is 10.6. The van der Waals surface area contributed by atoms with Gasteiger partial charge in [-0.1, -0.05) is 63.2 Å². The fourth-order valence-corrected chi connectivity index (χ4v) is 4.87.